The smallest absolute Gasteiger partial charge is 0.255 e. The summed E-state index contributed by atoms with van der Waals surface area (Å²) in [6.45, 7) is 6.51. The average Bonchev–Trinajstić information content (AvgIpc) is 2.72. The molecule has 0 saturated heterocycles. The molecule has 2 heterocycles. The van der Waals surface area contributed by atoms with Crippen molar-refractivity contribution in [1.29, 1.82) is 0 Å². The van der Waals surface area contributed by atoms with Crippen LogP contribution in [0.1, 0.15) is 26.3 Å². The summed E-state index contributed by atoms with van der Waals surface area (Å²) < 4.78 is 5.63. The maximum Gasteiger partial charge on any atom is 0.255 e. The Kier molecular flexibility index (Phi) is 4.71. The predicted octanol–water partition coefficient (Wildman–Crippen LogP) is 5.56. The molecule has 0 aliphatic heterocycles. The van der Waals surface area contributed by atoms with E-state index in [-0.39, 0.29) is 11.0 Å². The lowest BCUT2D eigenvalue weighted by Crippen LogP contribution is -2.13. The van der Waals surface area contributed by atoms with Crippen molar-refractivity contribution in [2.45, 2.75) is 26.2 Å². The van der Waals surface area contributed by atoms with Crippen LogP contribution in [0.25, 0.3) is 33.2 Å². The second kappa shape index (κ2) is 7.21. The Hall–Kier alpha value is -3.40. The van der Waals surface area contributed by atoms with E-state index in [4.69, 9.17) is 9.72 Å². The van der Waals surface area contributed by atoms with Crippen LogP contribution in [0.5, 0.6) is 5.88 Å². The topological polar surface area (TPSA) is 55.0 Å². The van der Waals surface area contributed by atoms with Gasteiger partial charge < -0.3 is 9.72 Å². The molecule has 4 nitrogen and oxygen atoms in total. The largest absolute Gasteiger partial charge is 0.481 e. The van der Waals surface area contributed by atoms with Crippen molar-refractivity contribution in [2.75, 3.05) is 7.11 Å². The van der Waals surface area contributed by atoms with Gasteiger partial charge in [-0.15, -0.1) is 0 Å². The fourth-order valence-corrected chi connectivity index (χ4v) is 3.52. The van der Waals surface area contributed by atoms with Crippen LogP contribution in [0.3, 0.4) is 0 Å². The molecule has 4 rings (SSSR count). The Morgan fingerprint density at radius 2 is 1.66 bits per heavy atom. The molecular formula is C25H24N2O2. The molecule has 29 heavy (non-hydrogen) atoms. The van der Waals surface area contributed by atoms with Crippen LogP contribution in [0.2, 0.25) is 0 Å². The van der Waals surface area contributed by atoms with Crippen LogP contribution in [0.4, 0.5) is 0 Å². The average molecular weight is 384 g/mol. The number of rotatable bonds is 3. The van der Waals surface area contributed by atoms with E-state index in [0.717, 1.165) is 33.2 Å². The lowest BCUT2D eigenvalue weighted by molar-refractivity contribution is 0.401. The number of ether oxygens (including phenoxy) is 1. The first-order valence-corrected chi connectivity index (χ1v) is 9.65. The van der Waals surface area contributed by atoms with Crippen LogP contribution < -0.4 is 10.3 Å². The molecule has 0 unspecified atom stereocenters. The summed E-state index contributed by atoms with van der Waals surface area (Å²) >= 11 is 0. The second-order valence-electron chi connectivity index (χ2n) is 8.17. The van der Waals surface area contributed by atoms with Gasteiger partial charge in [-0.05, 0) is 46.9 Å². The van der Waals surface area contributed by atoms with Gasteiger partial charge in [-0.25, -0.2) is 4.98 Å². The number of hydrogen-bond acceptors (Lipinski definition) is 3. The zero-order valence-electron chi connectivity index (χ0n) is 17.1. The van der Waals surface area contributed by atoms with Crippen molar-refractivity contribution in [3.8, 4) is 28.1 Å². The molecule has 4 aromatic rings. The lowest BCUT2D eigenvalue weighted by Gasteiger charge is -2.22. The fourth-order valence-electron chi connectivity index (χ4n) is 3.52. The molecule has 146 valence electrons. The van der Waals surface area contributed by atoms with E-state index in [1.165, 1.54) is 0 Å². The second-order valence-corrected chi connectivity index (χ2v) is 8.17. The van der Waals surface area contributed by atoms with Crippen molar-refractivity contribution in [1.82, 2.24) is 9.97 Å². The Labute approximate surface area is 170 Å². The van der Waals surface area contributed by atoms with Gasteiger partial charge in [0.15, 0.2) is 0 Å². The van der Waals surface area contributed by atoms with E-state index in [2.05, 4.69) is 44.0 Å². The number of hydrogen-bond donors (Lipinski definition) is 1. The van der Waals surface area contributed by atoms with E-state index < -0.39 is 0 Å². The highest BCUT2D eigenvalue weighted by molar-refractivity contribution is 5.97. The van der Waals surface area contributed by atoms with Crippen LogP contribution in [0.15, 0.2) is 71.7 Å². The van der Waals surface area contributed by atoms with Crippen LogP contribution in [-0.4, -0.2) is 17.1 Å². The first kappa shape index (κ1) is 18.9. The minimum absolute atomic E-state index is 0.0721. The van der Waals surface area contributed by atoms with Crippen molar-refractivity contribution < 1.29 is 4.74 Å². The summed E-state index contributed by atoms with van der Waals surface area (Å²) in [7, 11) is 1.62. The highest BCUT2D eigenvalue weighted by Crippen LogP contribution is 2.37. The van der Waals surface area contributed by atoms with Crippen molar-refractivity contribution >= 4 is 10.9 Å². The standard InChI is InChI=1S/C25H24N2O2/c1-25(2,3)18-13-17-14-20(16-9-6-5-7-10-16)24(29-4)27-22(17)21(15-18)19-11-8-12-26-23(19)28/h5-15H,1-4H3,(H,26,28). The van der Waals surface area contributed by atoms with Crippen molar-refractivity contribution in [3.05, 3.63) is 82.8 Å². The number of nitrogens with one attached hydrogen (secondary N) is 1. The number of benzene rings is 2. The Morgan fingerprint density at radius 3 is 2.31 bits per heavy atom. The molecule has 0 bridgehead atoms. The minimum Gasteiger partial charge on any atom is -0.481 e. The normalized spacial score (nSPS) is 11.6. The SMILES string of the molecule is COc1nc2c(-c3ccc[nH]c3=O)cc(C(C)(C)C)cc2cc1-c1ccccc1. The third kappa shape index (κ3) is 3.54. The fraction of sp³-hybridized carbons (Fsp3) is 0.200. The summed E-state index contributed by atoms with van der Waals surface area (Å²) in [6, 6.07) is 20.1. The molecular weight excluding hydrogens is 360 g/mol. The van der Waals surface area contributed by atoms with E-state index in [9.17, 15) is 4.79 Å². The molecule has 0 atom stereocenters. The van der Waals surface area contributed by atoms with Crippen LogP contribution in [0, 0.1) is 0 Å². The number of methoxy groups -OCH3 is 1. The third-order valence-electron chi connectivity index (χ3n) is 5.14. The summed E-state index contributed by atoms with van der Waals surface area (Å²) in [6.07, 6.45) is 1.64. The maximum absolute atomic E-state index is 12.6. The molecule has 0 fully saturated rings. The van der Waals surface area contributed by atoms with E-state index in [1.54, 1.807) is 13.3 Å². The number of aromatic amines is 1. The van der Waals surface area contributed by atoms with Gasteiger partial charge in [-0.1, -0.05) is 51.1 Å². The molecule has 1 N–H and O–H groups in total. The molecule has 0 amide bonds. The minimum atomic E-state index is -0.132. The Balaban J connectivity index is 2.10. The number of nitrogens with zero attached hydrogens (tertiary/aromatic N) is 1. The summed E-state index contributed by atoms with van der Waals surface area (Å²) in [5.41, 5.74) is 5.08. The monoisotopic (exact) mass is 384 g/mol. The molecule has 2 aromatic carbocycles. The maximum atomic E-state index is 12.6. The van der Waals surface area contributed by atoms with Crippen LogP contribution in [-0.2, 0) is 5.41 Å². The highest BCUT2D eigenvalue weighted by Gasteiger charge is 2.20. The van der Waals surface area contributed by atoms with E-state index in [0.29, 0.717) is 11.4 Å². The van der Waals surface area contributed by atoms with Crippen molar-refractivity contribution in [3.63, 3.8) is 0 Å². The van der Waals surface area contributed by atoms with Gasteiger partial charge in [0.25, 0.3) is 5.56 Å². The summed E-state index contributed by atoms with van der Waals surface area (Å²) in [4.78, 5) is 20.2. The van der Waals surface area contributed by atoms with Crippen molar-refractivity contribution in [2.24, 2.45) is 0 Å². The number of fused-ring (bicyclic) bond motifs is 1. The molecule has 4 heteroatoms. The molecule has 0 radical (unpaired) electrons. The predicted molar refractivity (Wildman–Crippen MR) is 118 cm³/mol. The molecule has 0 saturated carbocycles. The third-order valence-corrected chi connectivity index (χ3v) is 5.14. The van der Waals surface area contributed by atoms with Gasteiger partial charge in [0.1, 0.15) is 0 Å². The van der Waals surface area contributed by atoms with Gasteiger partial charge in [0.05, 0.1) is 12.6 Å². The zero-order valence-corrected chi connectivity index (χ0v) is 17.1. The number of H-pyrrole nitrogens is 1. The zero-order chi connectivity index (χ0) is 20.6. The van der Waals surface area contributed by atoms with E-state index >= 15 is 0 Å². The molecule has 0 aliphatic rings. The van der Waals surface area contributed by atoms with Gasteiger partial charge in [0, 0.05) is 28.3 Å². The Bertz CT molecular complexity index is 1240. The van der Waals surface area contributed by atoms with E-state index in [1.807, 2.05) is 42.5 Å². The van der Waals surface area contributed by atoms with Gasteiger partial charge in [-0.2, -0.15) is 0 Å². The summed E-state index contributed by atoms with van der Waals surface area (Å²) in [5.74, 6) is 0.542. The van der Waals surface area contributed by atoms with Gasteiger partial charge in [0.2, 0.25) is 5.88 Å². The van der Waals surface area contributed by atoms with Gasteiger partial charge >= 0.3 is 0 Å². The van der Waals surface area contributed by atoms with Gasteiger partial charge in [-0.3, -0.25) is 4.79 Å². The lowest BCUT2D eigenvalue weighted by atomic mass is 9.84. The quantitative estimate of drug-likeness (QED) is 0.503. The first-order valence-electron chi connectivity index (χ1n) is 9.65. The highest BCUT2D eigenvalue weighted by atomic mass is 16.5. The molecule has 0 spiro atoms. The Morgan fingerprint density at radius 1 is 0.897 bits per heavy atom. The first-order chi connectivity index (χ1) is 13.9. The number of aromatic nitrogens is 2. The summed E-state index contributed by atoms with van der Waals surface area (Å²) in [5, 5.41) is 0.982. The molecule has 0 aliphatic carbocycles. The van der Waals surface area contributed by atoms with Crippen LogP contribution >= 0.6 is 0 Å². The number of pyridine rings is 2. The molecule has 2 aromatic heterocycles.